The zero-order chi connectivity index (χ0) is 19.3. The van der Waals surface area contributed by atoms with E-state index in [9.17, 15) is 4.79 Å². The molecule has 28 heavy (non-hydrogen) atoms. The quantitative estimate of drug-likeness (QED) is 0.537. The first-order valence-electron chi connectivity index (χ1n) is 8.82. The number of carbonyl (C=O) groups excluding carboxylic acids is 1. The zero-order valence-electron chi connectivity index (χ0n) is 15.3. The Labute approximate surface area is 162 Å². The van der Waals surface area contributed by atoms with E-state index in [4.69, 9.17) is 4.42 Å². The van der Waals surface area contributed by atoms with Gasteiger partial charge in [-0.3, -0.25) is 9.89 Å². The number of aromatic nitrogens is 3. The minimum absolute atomic E-state index is 0.264. The largest absolute Gasteiger partial charge is 0.463 e. The topological polar surface area (TPSA) is 87.0 Å². The van der Waals surface area contributed by atoms with E-state index in [1.807, 2.05) is 54.4 Å². The summed E-state index contributed by atoms with van der Waals surface area (Å²) in [5, 5.41) is 9.68. The zero-order valence-corrected chi connectivity index (χ0v) is 15.3. The van der Waals surface area contributed by atoms with Gasteiger partial charge in [0.1, 0.15) is 11.5 Å². The van der Waals surface area contributed by atoms with Crippen molar-refractivity contribution in [3.63, 3.8) is 0 Å². The van der Waals surface area contributed by atoms with Gasteiger partial charge in [0, 0.05) is 31.5 Å². The Kier molecular flexibility index (Phi) is 4.88. The summed E-state index contributed by atoms with van der Waals surface area (Å²) in [7, 11) is 1.97. The molecule has 0 unspecified atom stereocenters. The number of furan rings is 1. The lowest BCUT2D eigenvalue weighted by atomic mass is 10.2. The third-order valence-electron chi connectivity index (χ3n) is 4.35. The summed E-state index contributed by atoms with van der Waals surface area (Å²) in [6, 6.07) is 19.1. The molecule has 1 amide bonds. The summed E-state index contributed by atoms with van der Waals surface area (Å²) in [5.41, 5.74) is 2.92. The minimum Gasteiger partial charge on any atom is -0.463 e. The molecule has 0 bridgehead atoms. The maximum Gasteiger partial charge on any atom is 0.272 e. The first kappa shape index (κ1) is 17.5. The fourth-order valence-electron chi connectivity index (χ4n) is 2.77. The monoisotopic (exact) mass is 373 g/mol. The number of amides is 1. The van der Waals surface area contributed by atoms with Gasteiger partial charge in [-0.1, -0.05) is 24.3 Å². The fraction of sp³-hybridized carbons (Fsp3) is 0.0952. The summed E-state index contributed by atoms with van der Waals surface area (Å²) in [6.07, 6.45) is 3.33. The molecule has 2 N–H and O–H groups in total. The molecule has 0 aliphatic heterocycles. The Hall–Kier alpha value is -3.87. The molecule has 0 atom stereocenters. The van der Waals surface area contributed by atoms with Crippen LogP contribution in [0.5, 0.6) is 0 Å². The summed E-state index contributed by atoms with van der Waals surface area (Å²) in [4.78, 5) is 18.8. The van der Waals surface area contributed by atoms with Gasteiger partial charge in [0.15, 0.2) is 11.5 Å². The minimum atomic E-state index is -0.264. The molecule has 0 aliphatic carbocycles. The number of hydrogen-bond acceptors (Lipinski definition) is 5. The first-order valence-corrected chi connectivity index (χ1v) is 8.82. The van der Waals surface area contributed by atoms with Crippen LogP contribution in [0.4, 0.5) is 11.5 Å². The third kappa shape index (κ3) is 3.78. The van der Waals surface area contributed by atoms with Crippen molar-refractivity contribution in [1.82, 2.24) is 20.5 Å². The highest BCUT2D eigenvalue weighted by atomic mass is 16.3. The molecular formula is C21H19N5O2. The summed E-state index contributed by atoms with van der Waals surface area (Å²) < 4.78 is 5.29. The van der Waals surface area contributed by atoms with Crippen molar-refractivity contribution >= 4 is 17.4 Å². The number of benzene rings is 1. The Balaban J connectivity index is 1.37. The summed E-state index contributed by atoms with van der Waals surface area (Å²) in [6.45, 7) is 0.365. The number of pyridine rings is 1. The normalized spacial score (nSPS) is 10.6. The van der Waals surface area contributed by atoms with Gasteiger partial charge in [-0.05, 0) is 35.9 Å². The lowest BCUT2D eigenvalue weighted by Crippen LogP contribution is -2.23. The van der Waals surface area contributed by atoms with Gasteiger partial charge < -0.3 is 14.6 Å². The van der Waals surface area contributed by atoms with Crippen LogP contribution >= 0.6 is 0 Å². The van der Waals surface area contributed by atoms with Crippen LogP contribution in [0.25, 0.3) is 11.5 Å². The fourth-order valence-corrected chi connectivity index (χ4v) is 2.77. The van der Waals surface area contributed by atoms with Gasteiger partial charge in [0.05, 0.1) is 6.26 Å². The third-order valence-corrected chi connectivity index (χ3v) is 4.35. The van der Waals surface area contributed by atoms with Crippen LogP contribution in [0, 0.1) is 0 Å². The average molecular weight is 373 g/mol. The molecule has 140 valence electrons. The van der Waals surface area contributed by atoms with Crippen LogP contribution in [0.15, 0.2) is 77.5 Å². The second-order valence-corrected chi connectivity index (χ2v) is 6.25. The average Bonchev–Trinajstić information content (AvgIpc) is 3.44. The van der Waals surface area contributed by atoms with E-state index in [1.54, 1.807) is 30.7 Å². The van der Waals surface area contributed by atoms with E-state index in [-0.39, 0.29) is 5.91 Å². The van der Waals surface area contributed by atoms with Crippen molar-refractivity contribution in [2.45, 2.75) is 6.54 Å². The number of nitrogens with one attached hydrogen (secondary N) is 2. The molecule has 3 heterocycles. The molecule has 0 spiro atoms. The van der Waals surface area contributed by atoms with Crippen molar-refractivity contribution in [3.8, 4) is 11.5 Å². The molecule has 4 rings (SSSR count). The molecule has 1 aromatic carbocycles. The number of anilines is 2. The van der Waals surface area contributed by atoms with Crippen LogP contribution in [-0.4, -0.2) is 28.1 Å². The standard InChI is InChI=1S/C21H19N5O2/c1-26(16-6-3-2-4-7-16)20-10-9-15(13-22-20)14-23-21(27)18-12-17(24-25-18)19-8-5-11-28-19/h2-13H,14H2,1H3,(H,23,27)(H,24,25). The molecule has 7 heteroatoms. The summed E-state index contributed by atoms with van der Waals surface area (Å²) >= 11 is 0. The highest BCUT2D eigenvalue weighted by molar-refractivity contribution is 5.93. The lowest BCUT2D eigenvalue weighted by molar-refractivity contribution is 0.0946. The van der Waals surface area contributed by atoms with Crippen LogP contribution in [-0.2, 0) is 6.54 Å². The number of rotatable bonds is 6. The molecule has 0 radical (unpaired) electrons. The highest BCUT2D eigenvalue weighted by Gasteiger charge is 2.12. The molecule has 3 aromatic heterocycles. The number of hydrogen-bond donors (Lipinski definition) is 2. The molecular weight excluding hydrogens is 354 g/mol. The Morgan fingerprint density at radius 1 is 1.14 bits per heavy atom. The van der Waals surface area contributed by atoms with Gasteiger partial charge >= 0.3 is 0 Å². The second-order valence-electron chi connectivity index (χ2n) is 6.25. The number of carbonyl (C=O) groups is 1. The molecule has 0 saturated carbocycles. The van der Waals surface area contributed by atoms with Gasteiger partial charge in [-0.25, -0.2) is 4.98 Å². The predicted octanol–water partition coefficient (Wildman–Crippen LogP) is 3.76. The van der Waals surface area contributed by atoms with E-state index in [0.29, 0.717) is 23.7 Å². The van der Waals surface area contributed by atoms with Crippen LogP contribution in [0.1, 0.15) is 16.1 Å². The Morgan fingerprint density at radius 2 is 2.00 bits per heavy atom. The van der Waals surface area contributed by atoms with Gasteiger partial charge in [0.25, 0.3) is 5.91 Å². The van der Waals surface area contributed by atoms with Crippen molar-refractivity contribution in [1.29, 1.82) is 0 Å². The summed E-state index contributed by atoms with van der Waals surface area (Å²) in [5.74, 6) is 1.20. The van der Waals surface area contributed by atoms with Crippen molar-refractivity contribution in [3.05, 3.63) is 84.4 Å². The lowest BCUT2D eigenvalue weighted by Gasteiger charge is -2.18. The molecule has 0 saturated heterocycles. The molecule has 4 aromatic rings. The van der Waals surface area contributed by atoms with Gasteiger partial charge in [0.2, 0.25) is 0 Å². The maximum absolute atomic E-state index is 12.3. The molecule has 7 nitrogen and oxygen atoms in total. The van der Waals surface area contributed by atoms with Gasteiger partial charge in [-0.2, -0.15) is 5.10 Å². The SMILES string of the molecule is CN(c1ccccc1)c1ccc(CNC(=O)c2cc(-c3ccco3)[nH]n2)cn1. The number of nitrogens with zero attached hydrogens (tertiary/aromatic N) is 3. The van der Waals surface area contributed by atoms with E-state index >= 15 is 0 Å². The van der Waals surface area contributed by atoms with E-state index in [2.05, 4.69) is 20.5 Å². The predicted molar refractivity (Wildman–Crippen MR) is 106 cm³/mol. The van der Waals surface area contributed by atoms with Crippen molar-refractivity contribution in [2.24, 2.45) is 0 Å². The number of aromatic amines is 1. The van der Waals surface area contributed by atoms with Crippen molar-refractivity contribution in [2.75, 3.05) is 11.9 Å². The van der Waals surface area contributed by atoms with E-state index < -0.39 is 0 Å². The van der Waals surface area contributed by atoms with Crippen LogP contribution in [0.3, 0.4) is 0 Å². The second kappa shape index (κ2) is 7.79. The van der Waals surface area contributed by atoms with Crippen LogP contribution in [0.2, 0.25) is 0 Å². The number of para-hydroxylation sites is 1. The first-order chi connectivity index (χ1) is 13.7. The molecule has 0 aliphatic rings. The number of H-pyrrole nitrogens is 1. The van der Waals surface area contributed by atoms with Crippen molar-refractivity contribution < 1.29 is 9.21 Å². The Morgan fingerprint density at radius 3 is 2.71 bits per heavy atom. The highest BCUT2D eigenvalue weighted by Crippen LogP contribution is 2.21. The van der Waals surface area contributed by atoms with Gasteiger partial charge in [-0.15, -0.1) is 0 Å². The molecule has 0 fully saturated rings. The smallest absolute Gasteiger partial charge is 0.272 e. The Bertz CT molecular complexity index is 1040. The van der Waals surface area contributed by atoms with Crippen LogP contribution < -0.4 is 10.2 Å². The van der Waals surface area contributed by atoms with E-state index in [1.165, 1.54) is 0 Å². The maximum atomic E-state index is 12.3. The van der Waals surface area contributed by atoms with E-state index in [0.717, 1.165) is 17.1 Å².